The van der Waals surface area contributed by atoms with Crippen LogP contribution in [0.5, 0.6) is 0 Å². The number of benzene rings is 4. The molecule has 0 aliphatic heterocycles. The van der Waals surface area contributed by atoms with E-state index in [0.717, 1.165) is 0 Å². The smallest absolute Gasteiger partial charge is 0.226 e. The third kappa shape index (κ3) is 3.76. The van der Waals surface area contributed by atoms with Crippen LogP contribution in [0.4, 0.5) is 0 Å². The number of rotatable bonds is 3. The first-order valence-electron chi connectivity index (χ1n) is 11.6. The number of imidazole rings is 1. The van der Waals surface area contributed by atoms with Gasteiger partial charge in [0.05, 0.1) is 12.6 Å². The van der Waals surface area contributed by atoms with E-state index in [1.807, 2.05) is 0 Å². The molecule has 0 radical (unpaired) electrons. The zero-order valence-electron chi connectivity index (χ0n) is 20.1. The molecule has 0 unspecified atom stereocenters. The molecule has 5 aromatic rings. The second kappa shape index (κ2) is 8.04. The zero-order valence-corrected chi connectivity index (χ0v) is 20.1. The van der Waals surface area contributed by atoms with Crippen LogP contribution in [0.3, 0.4) is 0 Å². The van der Waals surface area contributed by atoms with Crippen LogP contribution in [-0.2, 0) is 12.6 Å². The number of hydrogen-bond acceptors (Lipinski definition) is 0. The molecule has 0 spiro atoms. The quantitative estimate of drug-likeness (QED) is 0.261. The van der Waals surface area contributed by atoms with Crippen molar-refractivity contribution in [3.8, 4) is 33.6 Å². The van der Waals surface area contributed by atoms with Gasteiger partial charge in [-0.2, -0.15) is 0 Å². The Labute approximate surface area is 196 Å². The Balaban J connectivity index is 1.80. The normalized spacial score (nSPS) is 11.8. The average Bonchev–Trinajstić information content (AvgIpc) is 3.12. The van der Waals surface area contributed by atoms with Crippen molar-refractivity contribution < 1.29 is 4.57 Å². The fraction of sp³-hybridized carbons (Fsp3) is 0.194. The Morgan fingerprint density at radius 2 is 1.18 bits per heavy atom. The summed E-state index contributed by atoms with van der Waals surface area (Å²) in [5.41, 5.74) is 9.93. The molecule has 0 aliphatic carbocycles. The zero-order chi connectivity index (χ0) is 23.2. The van der Waals surface area contributed by atoms with Gasteiger partial charge >= 0.3 is 0 Å². The lowest BCUT2D eigenvalue weighted by molar-refractivity contribution is -0.634. The highest BCUT2D eigenvalue weighted by molar-refractivity contribution is 5.84. The van der Waals surface area contributed by atoms with Gasteiger partial charge in [-0.1, -0.05) is 72.8 Å². The summed E-state index contributed by atoms with van der Waals surface area (Å²) in [5, 5.41) is 0. The molecule has 33 heavy (non-hydrogen) atoms. The Hall–Kier alpha value is -3.65. The van der Waals surface area contributed by atoms with Crippen LogP contribution in [0.2, 0.25) is 0 Å². The molecule has 164 valence electrons. The minimum Gasteiger partial charge on any atom is -0.226 e. The monoisotopic (exact) mass is 431 g/mol. The Bertz CT molecular complexity index is 1440. The fourth-order valence-corrected chi connectivity index (χ4v) is 4.83. The molecule has 1 heterocycles. The van der Waals surface area contributed by atoms with E-state index in [0.29, 0.717) is 0 Å². The molecule has 0 amide bonds. The summed E-state index contributed by atoms with van der Waals surface area (Å²) in [6.45, 7) is 9.09. The highest BCUT2D eigenvalue weighted by Gasteiger charge is 2.33. The van der Waals surface area contributed by atoms with Crippen molar-refractivity contribution in [2.45, 2.75) is 33.2 Å². The van der Waals surface area contributed by atoms with Crippen LogP contribution < -0.4 is 4.57 Å². The molecule has 4 aromatic carbocycles. The molecule has 0 saturated carbocycles. The summed E-state index contributed by atoms with van der Waals surface area (Å²) in [6, 6.07) is 34.9. The SMILES string of the molecule is Cc1ccc(-c2ccccc2)cc1-c1n(C(C)(C)C)c2cc(-c3ccccc3)ccc2[n+]1C. The molecule has 2 heteroatoms. The van der Waals surface area contributed by atoms with E-state index in [2.05, 4.69) is 141 Å². The second-order valence-corrected chi connectivity index (χ2v) is 9.85. The Morgan fingerprint density at radius 3 is 1.76 bits per heavy atom. The summed E-state index contributed by atoms with van der Waals surface area (Å²) in [7, 11) is 2.19. The van der Waals surface area contributed by atoms with Crippen molar-refractivity contribution in [2.24, 2.45) is 7.05 Å². The summed E-state index contributed by atoms with van der Waals surface area (Å²) in [4.78, 5) is 0. The maximum Gasteiger partial charge on any atom is 0.290 e. The minimum atomic E-state index is -0.0840. The van der Waals surface area contributed by atoms with Crippen LogP contribution in [0.25, 0.3) is 44.7 Å². The Kier molecular flexibility index (Phi) is 5.17. The first-order valence-corrected chi connectivity index (χ1v) is 11.6. The van der Waals surface area contributed by atoms with E-state index in [9.17, 15) is 0 Å². The maximum atomic E-state index is 2.51. The van der Waals surface area contributed by atoms with Crippen LogP contribution in [0.1, 0.15) is 26.3 Å². The predicted octanol–water partition coefficient (Wildman–Crippen LogP) is 7.53. The van der Waals surface area contributed by atoms with Gasteiger partial charge in [-0.15, -0.1) is 0 Å². The van der Waals surface area contributed by atoms with Gasteiger partial charge in [0, 0.05) is 0 Å². The van der Waals surface area contributed by atoms with Crippen molar-refractivity contribution >= 4 is 11.0 Å². The molecule has 1 aromatic heterocycles. The molecule has 0 atom stereocenters. The lowest BCUT2D eigenvalue weighted by atomic mass is 9.98. The van der Waals surface area contributed by atoms with Gasteiger partial charge in [-0.25, -0.2) is 9.13 Å². The second-order valence-electron chi connectivity index (χ2n) is 9.85. The van der Waals surface area contributed by atoms with Gasteiger partial charge in [0.25, 0.3) is 5.82 Å². The molecule has 0 N–H and O–H groups in total. The summed E-state index contributed by atoms with van der Waals surface area (Å²) < 4.78 is 4.86. The van der Waals surface area contributed by atoms with Crippen LogP contribution in [0, 0.1) is 6.92 Å². The molecule has 0 bridgehead atoms. The van der Waals surface area contributed by atoms with Gasteiger partial charge in [0.2, 0.25) is 0 Å². The summed E-state index contributed by atoms with van der Waals surface area (Å²) in [6.07, 6.45) is 0. The largest absolute Gasteiger partial charge is 0.290 e. The topological polar surface area (TPSA) is 8.81 Å². The van der Waals surface area contributed by atoms with Crippen LogP contribution in [0.15, 0.2) is 97.1 Å². The standard InChI is InChI=1S/C31H31N2/c1-22-16-17-25(23-12-8-6-9-13-23)20-27(22)30-32(5)28-19-18-26(24-14-10-7-11-15-24)21-29(28)33(30)31(2,3)4/h6-21H,1-5H3/q+1. The number of aromatic nitrogens is 2. The minimum absolute atomic E-state index is 0.0840. The number of nitrogens with zero attached hydrogens (tertiary/aromatic N) is 2. The van der Waals surface area contributed by atoms with Gasteiger partial charge in [-0.05, 0) is 79.8 Å². The third-order valence-corrected chi connectivity index (χ3v) is 6.47. The Morgan fingerprint density at radius 1 is 0.636 bits per heavy atom. The third-order valence-electron chi connectivity index (χ3n) is 6.47. The van der Waals surface area contributed by atoms with Crippen molar-refractivity contribution in [1.82, 2.24) is 4.57 Å². The maximum absolute atomic E-state index is 2.51. The summed E-state index contributed by atoms with van der Waals surface area (Å²) in [5.74, 6) is 1.23. The van der Waals surface area contributed by atoms with Gasteiger partial charge in [0.1, 0.15) is 5.54 Å². The molecule has 5 rings (SSSR count). The van der Waals surface area contributed by atoms with Gasteiger partial charge in [0.15, 0.2) is 11.0 Å². The van der Waals surface area contributed by atoms with E-state index < -0.39 is 0 Å². The van der Waals surface area contributed by atoms with E-state index in [1.54, 1.807) is 0 Å². The molecule has 0 fully saturated rings. The molecule has 0 saturated heterocycles. The van der Waals surface area contributed by atoms with E-state index in [4.69, 9.17) is 0 Å². The lowest BCUT2D eigenvalue weighted by Gasteiger charge is -2.19. The van der Waals surface area contributed by atoms with Crippen molar-refractivity contribution in [3.05, 3.63) is 103 Å². The number of fused-ring (bicyclic) bond motifs is 1. The molecule has 0 aliphatic rings. The average molecular weight is 432 g/mol. The van der Waals surface area contributed by atoms with E-state index in [1.165, 1.54) is 50.2 Å². The van der Waals surface area contributed by atoms with E-state index in [-0.39, 0.29) is 5.54 Å². The lowest BCUT2D eigenvalue weighted by Crippen LogP contribution is -2.33. The first kappa shape index (κ1) is 21.2. The van der Waals surface area contributed by atoms with Crippen LogP contribution >= 0.6 is 0 Å². The first-order chi connectivity index (χ1) is 15.8. The van der Waals surface area contributed by atoms with Crippen molar-refractivity contribution in [1.29, 1.82) is 0 Å². The highest BCUT2D eigenvalue weighted by atomic mass is 15.2. The van der Waals surface area contributed by atoms with Crippen molar-refractivity contribution in [2.75, 3.05) is 0 Å². The number of aryl methyl sites for hydroxylation is 2. The fourth-order valence-electron chi connectivity index (χ4n) is 4.83. The molecule has 2 nitrogen and oxygen atoms in total. The van der Waals surface area contributed by atoms with Crippen molar-refractivity contribution in [3.63, 3.8) is 0 Å². The molecular formula is C31H31N2+. The highest BCUT2D eigenvalue weighted by Crippen LogP contribution is 2.35. The predicted molar refractivity (Wildman–Crippen MR) is 139 cm³/mol. The summed E-state index contributed by atoms with van der Waals surface area (Å²) >= 11 is 0. The van der Waals surface area contributed by atoms with Crippen LogP contribution in [-0.4, -0.2) is 4.57 Å². The van der Waals surface area contributed by atoms with Gasteiger partial charge in [-0.3, -0.25) is 0 Å². The van der Waals surface area contributed by atoms with Gasteiger partial charge < -0.3 is 0 Å². The number of hydrogen-bond donors (Lipinski definition) is 0. The van der Waals surface area contributed by atoms with E-state index >= 15 is 0 Å². The molecular weight excluding hydrogens is 400 g/mol.